The van der Waals surface area contributed by atoms with E-state index in [0.29, 0.717) is 5.65 Å². The summed E-state index contributed by atoms with van der Waals surface area (Å²) in [6.45, 7) is 2.03. The van der Waals surface area contributed by atoms with Gasteiger partial charge in [-0.1, -0.05) is 48.5 Å². The Morgan fingerprint density at radius 1 is 0.964 bits per heavy atom. The molecule has 1 unspecified atom stereocenters. The summed E-state index contributed by atoms with van der Waals surface area (Å²) in [5.74, 6) is 0. The van der Waals surface area contributed by atoms with Crippen LogP contribution in [0.25, 0.3) is 33.2 Å². The first-order valence-corrected chi connectivity index (χ1v) is 9.22. The van der Waals surface area contributed by atoms with Crippen molar-refractivity contribution in [1.29, 1.82) is 0 Å². The predicted octanol–water partition coefficient (Wildman–Crippen LogP) is 4.55. The third-order valence-corrected chi connectivity index (χ3v) is 5.20. The molecule has 0 amide bonds. The lowest BCUT2D eigenvalue weighted by atomic mass is 10.0. The molecule has 1 atom stereocenters. The van der Waals surface area contributed by atoms with E-state index in [4.69, 9.17) is 0 Å². The molecule has 5 aromatic rings. The Labute approximate surface area is 161 Å². The van der Waals surface area contributed by atoms with Crippen molar-refractivity contribution in [1.82, 2.24) is 19.5 Å². The normalized spacial score (nSPS) is 12.5. The van der Waals surface area contributed by atoms with Crippen molar-refractivity contribution in [2.24, 2.45) is 0 Å². The molecule has 0 spiro atoms. The molecule has 0 aliphatic rings. The third-order valence-electron chi connectivity index (χ3n) is 5.20. The fraction of sp³-hybridized carbons (Fsp3) is 0.0870. The molecule has 3 heterocycles. The van der Waals surface area contributed by atoms with Gasteiger partial charge < -0.3 is 0 Å². The van der Waals surface area contributed by atoms with Crippen LogP contribution in [0.3, 0.4) is 0 Å². The van der Waals surface area contributed by atoms with Crippen LogP contribution in [0.5, 0.6) is 0 Å². The Bertz CT molecular complexity index is 1350. The molecule has 0 saturated heterocycles. The summed E-state index contributed by atoms with van der Waals surface area (Å²) in [5, 5.41) is 1.06. The maximum Gasteiger partial charge on any atom is 0.328 e. The zero-order valence-corrected chi connectivity index (χ0v) is 15.3. The molecule has 5 heteroatoms. The molecule has 0 radical (unpaired) electrons. The van der Waals surface area contributed by atoms with Crippen LogP contribution in [-0.2, 0) is 0 Å². The van der Waals surface area contributed by atoms with Gasteiger partial charge in [-0.15, -0.1) is 0 Å². The average Bonchev–Trinajstić information content (AvgIpc) is 3.08. The van der Waals surface area contributed by atoms with Gasteiger partial charge in [0.25, 0.3) is 0 Å². The number of imidazole rings is 1. The second-order valence-electron chi connectivity index (χ2n) is 6.85. The molecule has 0 saturated carbocycles. The Hall–Kier alpha value is -3.73. The van der Waals surface area contributed by atoms with Crippen molar-refractivity contribution in [3.05, 3.63) is 95.2 Å². The van der Waals surface area contributed by atoms with Crippen molar-refractivity contribution in [2.45, 2.75) is 13.0 Å². The van der Waals surface area contributed by atoms with Gasteiger partial charge >= 0.3 is 5.69 Å². The molecule has 136 valence electrons. The number of H-pyrrole nitrogens is 1. The summed E-state index contributed by atoms with van der Waals surface area (Å²) in [6, 6.07) is 22.0. The number of nitrogens with zero attached hydrogens (tertiary/aromatic N) is 3. The van der Waals surface area contributed by atoms with Gasteiger partial charge in [0, 0.05) is 23.3 Å². The van der Waals surface area contributed by atoms with E-state index in [2.05, 4.69) is 27.1 Å². The van der Waals surface area contributed by atoms with Crippen LogP contribution in [0.2, 0.25) is 0 Å². The van der Waals surface area contributed by atoms with Crippen LogP contribution in [-0.4, -0.2) is 19.5 Å². The average molecular weight is 366 g/mol. The van der Waals surface area contributed by atoms with E-state index in [1.54, 1.807) is 17.0 Å². The topological polar surface area (TPSA) is 63.6 Å². The maximum absolute atomic E-state index is 12.7. The van der Waals surface area contributed by atoms with Gasteiger partial charge in [0.05, 0.1) is 17.1 Å². The van der Waals surface area contributed by atoms with Crippen LogP contribution in [0.15, 0.2) is 83.9 Å². The first-order chi connectivity index (χ1) is 13.7. The maximum atomic E-state index is 12.7. The van der Waals surface area contributed by atoms with E-state index in [1.165, 1.54) is 0 Å². The van der Waals surface area contributed by atoms with Gasteiger partial charge in [-0.2, -0.15) is 0 Å². The predicted molar refractivity (Wildman–Crippen MR) is 111 cm³/mol. The molecular weight excluding hydrogens is 348 g/mol. The molecule has 0 aliphatic carbocycles. The Kier molecular flexibility index (Phi) is 3.79. The van der Waals surface area contributed by atoms with Gasteiger partial charge in [-0.05, 0) is 36.2 Å². The van der Waals surface area contributed by atoms with Crippen molar-refractivity contribution in [2.75, 3.05) is 0 Å². The number of benzene rings is 2. The lowest BCUT2D eigenvalue weighted by molar-refractivity contribution is 0.636. The van der Waals surface area contributed by atoms with Crippen LogP contribution in [0.1, 0.15) is 18.5 Å². The van der Waals surface area contributed by atoms with Crippen molar-refractivity contribution in [3.63, 3.8) is 0 Å². The highest BCUT2D eigenvalue weighted by Gasteiger charge is 2.16. The van der Waals surface area contributed by atoms with E-state index in [1.807, 2.05) is 61.5 Å². The van der Waals surface area contributed by atoms with Crippen molar-refractivity contribution in [3.8, 4) is 11.1 Å². The Morgan fingerprint density at radius 3 is 2.68 bits per heavy atom. The first kappa shape index (κ1) is 16.4. The summed E-state index contributed by atoms with van der Waals surface area (Å²) in [4.78, 5) is 24.5. The highest BCUT2D eigenvalue weighted by Crippen LogP contribution is 2.29. The molecule has 5 nitrogen and oxygen atoms in total. The zero-order valence-electron chi connectivity index (χ0n) is 15.3. The SMILES string of the molecule is CC(c1ccccc1)n1c(=O)[nH]c2ncc(-c3cccc4ncccc34)cc21. The van der Waals surface area contributed by atoms with Gasteiger partial charge in [-0.3, -0.25) is 14.5 Å². The Morgan fingerprint density at radius 2 is 1.82 bits per heavy atom. The summed E-state index contributed by atoms with van der Waals surface area (Å²) in [5.41, 5.74) is 5.24. The molecule has 0 bridgehead atoms. The minimum absolute atomic E-state index is 0.103. The van der Waals surface area contributed by atoms with Gasteiger partial charge in [0.2, 0.25) is 0 Å². The van der Waals surface area contributed by atoms with E-state index in [9.17, 15) is 4.79 Å². The van der Waals surface area contributed by atoms with Gasteiger partial charge in [0.1, 0.15) is 0 Å². The number of nitrogens with one attached hydrogen (secondary N) is 1. The second kappa shape index (κ2) is 6.46. The number of hydrogen-bond acceptors (Lipinski definition) is 3. The van der Waals surface area contributed by atoms with Crippen LogP contribution < -0.4 is 5.69 Å². The first-order valence-electron chi connectivity index (χ1n) is 9.22. The fourth-order valence-corrected chi connectivity index (χ4v) is 3.77. The summed E-state index contributed by atoms with van der Waals surface area (Å²) in [6.07, 6.45) is 3.59. The molecule has 0 fully saturated rings. The zero-order chi connectivity index (χ0) is 19.1. The highest BCUT2D eigenvalue weighted by atomic mass is 16.1. The number of aromatic nitrogens is 4. The van der Waals surface area contributed by atoms with Gasteiger partial charge in [-0.25, -0.2) is 9.78 Å². The summed E-state index contributed by atoms with van der Waals surface area (Å²) in [7, 11) is 0. The number of hydrogen-bond donors (Lipinski definition) is 1. The van der Waals surface area contributed by atoms with Crippen LogP contribution in [0, 0.1) is 0 Å². The van der Waals surface area contributed by atoms with E-state index >= 15 is 0 Å². The number of fused-ring (bicyclic) bond motifs is 2. The van der Waals surface area contributed by atoms with Gasteiger partial charge in [0.15, 0.2) is 5.65 Å². The highest BCUT2D eigenvalue weighted by molar-refractivity contribution is 5.95. The number of rotatable bonds is 3. The fourth-order valence-electron chi connectivity index (χ4n) is 3.77. The standard InChI is InChI=1S/C23H18N4O/c1-15(16-7-3-2-4-8-16)27-21-13-17(14-25-22(21)26-23(27)28)18-9-5-11-20-19(18)10-6-12-24-20/h2-15H,1H3,(H,25,26,28). The van der Waals surface area contributed by atoms with E-state index in [0.717, 1.165) is 33.1 Å². The van der Waals surface area contributed by atoms with E-state index < -0.39 is 0 Å². The molecule has 0 aliphatic heterocycles. The summed E-state index contributed by atoms with van der Waals surface area (Å²) < 4.78 is 1.77. The molecule has 28 heavy (non-hydrogen) atoms. The third kappa shape index (κ3) is 2.60. The minimum Gasteiger partial charge on any atom is -0.290 e. The molecule has 1 N–H and O–H groups in total. The Balaban J connectivity index is 1.72. The monoisotopic (exact) mass is 366 g/mol. The lowest BCUT2D eigenvalue weighted by Gasteiger charge is -2.14. The van der Waals surface area contributed by atoms with Crippen LogP contribution in [0.4, 0.5) is 0 Å². The lowest BCUT2D eigenvalue weighted by Crippen LogP contribution is -2.21. The number of aromatic amines is 1. The quantitative estimate of drug-likeness (QED) is 0.509. The number of pyridine rings is 2. The molecule has 3 aromatic heterocycles. The minimum atomic E-state index is -0.157. The van der Waals surface area contributed by atoms with Crippen LogP contribution >= 0.6 is 0 Å². The molecule has 2 aromatic carbocycles. The largest absolute Gasteiger partial charge is 0.328 e. The second-order valence-corrected chi connectivity index (χ2v) is 6.85. The van der Waals surface area contributed by atoms with Crippen molar-refractivity contribution >= 4 is 22.1 Å². The van der Waals surface area contributed by atoms with Crippen molar-refractivity contribution < 1.29 is 0 Å². The molecular formula is C23H18N4O. The molecule has 5 rings (SSSR count). The summed E-state index contributed by atoms with van der Waals surface area (Å²) >= 11 is 0. The smallest absolute Gasteiger partial charge is 0.290 e. The van der Waals surface area contributed by atoms with E-state index in [-0.39, 0.29) is 11.7 Å².